The van der Waals surface area contributed by atoms with Crippen LogP contribution in [0.15, 0.2) is 47.4 Å². The SMILES string of the molecule is CP(=O)(O)C(Cc1ccc(OC(=O)N2CCN(c3cc4c(cc3F)c(=O)c(C(=O)O)cn4C3CC3)CC2)cc1)P(=O)(O)O. The van der Waals surface area contributed by atoms with Gasteiger partial charge >= 0.3 is 19.7 Å². The lowest BCUT2D eigenvalue weighted by Gasteiger charge is -2.35. The van der Waals surface area contributed by atoms with E-state index in [1.807, 2.05) is 0 Å². The number of rotatable bonds is 8. The zero-order valence-corrected chi connectivity index (χ0v) is 24.8. The number of amides is 1. The lowest BCUT2D eigenvalue weighted by Crippen LogP contribution is -2.49. The Morgan fingerprint density at radius 3 is 2.21 bits per heavy atom. The maximum absolute atomic E-state index is 15.2. The molecule has 2 aromatic carbocycles. The minimum Gasteiger partial charge on any atom is -0.477 e. The first-order valence-corrected chi connectivity index (χ1v) is 17.3. The quantitative estimate of drug-likeness (QED) is 0.265. The molecule has 0 bridgehead atoms. The number of nitrogens with zero attached hydrogens (tertiary/aromatic N) is 3. The summed E-state index contributed by atoms with van der Waals surface area (Å²) in [4.78, 5) is 69.0. The summed E-state index contributed by atoms with van der Waals surface area (Å²) in [5.74, 6) is -1.88. The predicted octanol–water partition coefficient (Wildman–Crippen LogP) is 3.44. The van der Waals surface area contributed by atoms with Crippen molar-refractivity contribution in [3.05, 3.63) is 69.8 Å². The van der Waals surface area contributed by atoms with Gasteiger partial charge in [-0.15, -0.1) is 0 Å². The molecule has 230 valence electrons. The van der Waals surface area contributed by atoms with Crippen molar-refractivity contribution in [2.24, 2.45) is 0 Å². The lowest BCUT2D eigenvalue weighted by molar-refractivity contribution is 0.0694. The number of carboxylic acid groups (broad SMARTS) is 1. The van der Waals surface area contributed by atoms with Crippen LogP contribution in [0.4, 0.5) is 14.9 Å². The highest BCUT2D eigenvalue weighted by atomic mass is 31.2. The largest absolute Gasteiger partial charge is 0.477 e. The van der Waals surface area contributed by atoms with Gasteiger partial charge in [0, 0.05) is 50.5 Å². The van der Waals surface area contributed by atoms with E-state index in [1.54, 1.807) is 15.5 Å². The van der Waals surface area contributed by atoms with Crippen LogP contribution >= 0.6 is 15.0 Å². The van der Waals surface area contributed by atoms with Crippen LogP contribution < -0.4 is 15.1 Å². The van der Waals surface area contributed by atoms with E-state index in [2.05, 4.69) is 0 Å². The fraction of sp³-hybridized carbons (Fsp3) is 0.370. The zero-order valence-electron chi connectivity index (χ0n) is 23.0. The molecule has 16 heteroatoms. The van der Waals surface area contributed by atoms with Gasteiger partial charge in [0.1, 0.15) is 22.5 Å². The minimum atomic E-state index is -4.84. The molecule has 2 aliphatic rings. The summed E-state index contributed by atoms with van der Waals surface area (Å²) in [6.07, 6.45) is 1.97. The number of piperazine rings is 1. The molecule has 4 N–H and O–H groups in total. The molecule has 1 aliphatic carbocycles. The minimum absolute atomic E-state index is 0.00129. The summed E-state index contributed by atoms with van der Waals surface area (Å²) in [5, 5.41) is 7.69. The molecule has 2 unspecified atom stereocenters. The number of carbonyl (C=O) groups excluding carboxylic acids is 1. The fourth-order valence-electron chi connectivity index (χ4n) is 5.18. The first-order chi connectivity index (χ1) is 20.1. The average Bonchev–Trinajstić information content (AvgIpc) is 3.77. The fourth-order valence-corrected chi connectivity index (χ4v) is 8.41. The topological polar surface area (TPSA) is 187 Å². The van der Waals surface area contributed by atoms with Crippen molar-refractivity contribution in [1.82, 2.24) is 9.47 Å². The highest BCUT2D eigenvalue weighted by Crippen LogP contribution is 2.61. The van der Waals surface area contributed by atoms with Gasteiger partial charge in [-0.1, -0.05) is 12.1 Å². The van der Waals surface area contributed by atoms with E-state index >= 15 is 4.39 Å². The third kappa shape index (κ3) is 6.68. The van der Waals surface area contributed by atoms with E-state index in [1.165, 1.54) is 35.4 Å². The second-order valence-electron chi connectivity index (χ2n) is 10.8. The molecule has 0 radical (unpaired) electrons. The van der Waals surface area contributed by atoms with Crippen LogP contribution in [0.5, 0.6) is 5.75 Å². The van der Waals surface area contributed by atoms with Gasteiger partial charge in [-0.3, -0.25) is 13.9 Å². The predicted molar refractivity (Wildman–Crippen MR) is 155 cm³/mol. The van der Waals surface area contributed by atoms with Crippen molar-refractivity contribution in [2.45, 2.75) is 30.7 Å². The molecule has 1 saturated carbocycles. The maximum atomic E-state index is 15.2. The van der Waals surface area contributed by atoms with Gasteiger partial charge in [0.25, 0.3) is 0 Å². The van der Waals surface area contributed by atoms with Gasteiger partial charge in [0.2, 0.25) is 12.8 Å². The molecular formula is C27H30FN3O10P2. The summed E-state index contributed by atoms with van der Waals surface area (Å²) < 4.78 is 46.0. The number of pyridine rings is 1. The molecule has 0 spiro atoms. The van der Waals surface area contributed by atoms with Crippen molar-refractivity contribution < 1.29 is 47.6 Å². The third-order valence-corrected chi connectivity index (χ3v) is 12.1. The molecule has 5 rings (SSSR count). The Balaban J connectivity index is 1.25. The second-order valence-corrected chi connectivity index (χ2v) is 15.6. The lowest BCUT2D eigenvalue weighted by atomic mass is 10.1. The summed E-state index contributed by atoms with van der Waals surface area (Å²) in [6.45, 7) is 1.82. The second kappa shape index (κ2) is 11.5. The van der Waals surface area contributed by atoms with Crippen LogP contribution in [0.25, 0.3) is 10.9 Å². The molecule has 13 nitrogen and oxygen atoms in total. The van der Waals surface area contributed by atoms with Gasteiger partial charge < -0.3 is 38.9 Å². The van der Waals surface area contributed by atoms with E-state index in [4.69, 9.17) is 4.74 Å². The number of hydrogen-bond acceptors (Lipinski definition) is 7. The Kier molecular flexibility index (Phi) is 8.28. The monoisotopic (exact) mass is 637 g/mol. The molecule has 43 heavy (non-hydrogen) atoms. The van der Waals surface area contributed by atoms with Gasteiger partial charge in [-0.25, -0.2) is 14.0 Å². The molecule has 1 saturated heterocycles. The Hall–Kier alpha value is -3.54. The van der Waals surface area contributed by atoms with Crippen molar-refractivity contribution in [2.75, 3.05) is 37.7 Å². The first kappa shape index (κ1) is 30.9. The van der Waals surface area contributed by atoms with Gasteiger partial charge in [0.05, 0.1) is 11.2 Å². The molecule has 2 heterocycles. The highest BCUT2D eigenvalue weighted by molar-refractivity contribution is 7.73. The molecule has 2 fully saturated rings. The number of carbonyl (C=O) groups is 2. The standard InChI is InChI=1S/C27H30FN3O10P2/c1-42(36,37)24(43(38,39)40)12-16-2-6-18(7-3-16)41-27(35)30-10-8-29(9-11-30)23-14-22-19(13-21(23)28)25(32)20(26(33)34)15-31(22)17-4-5-17/h2-3,6-7,13-15,17,24H,4-5,8-12H2,1H3,(H,33,34)(H,36,37)(H2,38,39,40). The number of halogens is 1. The van der Waals surface area contributed by atoms with E-state index in [0.29, 0.717) is 11.1 Å². The van der Waals surface area contributed by atoms with Crippen molar-refractivity contribution in [3.63, 3.8) is 0 Å². The van der Waals surface area contributed by atoms with E-state index in [0.717, 1.165) is 25.6 Å². The molecule has 1 aliphatic heterocycles. The van der Waals surface area contributed by atoms with Crippen LogP contribution in [0, 0.1) is 5.82 Å². The first-order valence-electron chi connectivity index (χ1n) is 13.4. The third-order valence-electron chi connectivity index (χ3n) is 7.64. The Morgan fingerprint density at radius 1 is 1.05 bits per heavy atom. The van der Waals surface area contributed by atoms with Gasteiger partial charge in [-0.05, 0) is 49.1 Å². The molecule has 1 aromatic heterocycles. The van der Waals surface area contributed by atoms with Crippen LogP contribution in [0.1, 0.15) is 34.8 Å². The Labute approximate surface area is 244 Å². The highest BCUT2D eigenvalue weighted by Gasteiger charge is 2.40. The molecule has 3 aromatic rings. The summed E-state index contributed by atoms with van der Waals surface area (Å²) in [6, 6.07) is 8.39. The van der Waals surface area contributed by atoms with Crippen LogP contribution in [0.3, 0.4) is 0 Å². The summed E-state index contributed by atoms with van der Waals surface area (Å²) in [7, 11) is -8.93. The number of ether oxygens (including phenoxy) is 1. The number of carboxylic acids is 1. The van der Waals surface area contributed by atoms with Crippen molar-refractivity contribution in [3.8, 4) is 5.75 Å². The number of hydrogen-bond donors (Lipinski definition) is 4. The van der Waals surface area contributed by atoms with Crippen LogP contribution in [0.2, 0.25) is 0 Å². The average molecular weight is 637 g/mol. The van der Waals surface area contributed by atoms with E-state index in [9.17, 15) is 43.3 Å². The van der Waals surface area contributed by atoms with Crippen LogP contribution in [-0.4, -0.2) is 79.6 Å². The number of anilines is 1. The van der Waals surface area contributed by atoms with Gasteiger partial charge in [0.15, 0.2) is 0 Å². The summed E-state index contributed by atoms with van der Waals surface area (Å²) >= 11 is 0. The smallest absolute Gasteiger partial charge is 0.415 e. The maximum Gasteiger partial charge on any atom is 0.415 e. The normalized spacial score (nSPS) is 17.9. The van der Waals surface area contributed by atoms with Crippen LogP contribution in [-0.2, 0) is 15.6 Å². The van der Waals surface area contributed by atoms with Crippen molar-refractivity contribution in [1.29, 1.82) is 0 Å². The number of aromatic carboxylic acids is 1. The number of benzene rings is 2. The molecule has 1 amide bonds. The van der Waals surface area contributed by atoms with Crippen molar-refractivity contribution >= 4 is 43.6 Å². The molecule has 2 atom stereocenters. The zero-order chi connectivity index (χ0) is 31.3. The Morgan fingerprint density at radius 2 is 1.67 bits per heavy atom. The number of aromatic nitrogens is 1. The van der Waals surface area contributed by atoms with E-state index in [-0.39, 0.29) is 55.5 Å². The van der Waals surface area contributed by atoms with Gasteiger partial charge in [-0.2, -0.15) is 0 Å². The summed E-state index contributed by atoms with van der Waals surface area (Å²) in [5.41, 5.74) is -0.0869. The Bertz CT molecular complexity index is 1720. The van der Waals surface area contributed by atoms with E-state index < -0.39 is 49.2 Å². The number of fused-ring (bicyclic) bond motifs is 1. The molecular weight excluding hydrogens is 607 g/mol.